The summed E-state index contributed by atoms with van der Waals surface area (Å²) in [6.07, 6.45) is 0. The Bertz CT molecular complexity index is 735. The van der Waals surface area contributed by atoms with Crippen molar-refractivity contribution in [1.82, 2.24) is 0 Å². The van der Waals surface area contributed by atoms with Gasteiger partial charge in [0.1, 0.15) is 17.2 Å². The normalized spacial score (nSPS) is 10.2. The molecule has 6 nitrogen and oxygen atoms in total. The van der Waals surface area contributed by atoms with E-state index < -0.39 is 11.9 Å². The van der Waals surface area contributed by atoms with Gasteiger partial charge in [-0.1, -0.05) is 0 Å². The molecular weight excluding hydrogens is 288 g/mol. The van der Waals surface area contributed by atoms with Crippen LogP contribution in [0.15, 0.2) is 24.3 Å². The highest BCUT2D eigenvalue weighted by atomic mass is 16.5. The van der Waals surface area contributed by atoms with Crippen molar-refractivity contribution in [2.45, 2.75) is 6.92 Å². The molecule has 2 aromatic carbocycles. The van der Waals surface area contributed by atoms with Gasteiger partial charge in [0.05, 0.1) is 32.3 Å². The van der Waals surface area contributed by atoms with E-state index in [1.807, 2.05) is 0 Å². The molecule has 0 saturated heterocycles. The fourth-order valence-electron chi connectivity index (χ4n) is 2.16. The van der Waals surface area contributed by atoms with E-state index in [0.29, 0.717) is 22.3 Å². The van der Waals surface area contributed by atoms with Crippen LogP contribution in [-0.4, -0.2) is 33.3 Å². The Morgan fingerprint density at radius 3 is 2.18 bits per heavy atom. The maximum absolute atomic E-state index is 11.8. The number of esters is 2. The van der Waals surface area contributed by atoms with Gasteiger partial charge < -0.3 is 18.9 Å². The van der Waals surface area contributed by atoms with Gasteiger partial charge in [0.15, 0.2) is 0 Å². The van der Waals surface area contributed by atoms with Crippen molar-refractivity contribution in [3.8, 4) is 17.2 Å². The van der Waals surface area contributed by atoms with E-state index in [1.54, 1.807) is 18.2 Å². The number of methoxy groups -OCH3 is 3. The molecule has 0 spiro atoms. The van der Waals surface area contributed by atoms with Gasteiger partial charge in [-0.05, 0) is 23.6 Å². The van der Waals surface area contributed by atoms with Crippen molar-refractivity contribution in [3.63, 3.8) is 0 Å². The number of hydrogen-bond donors (Lipinski definition) is 0. The quantitative estimate of drug-likeness (QED) is 0.638. The zero-order valence-corrected chi connectivity index (χ0v) is 12.8. The first-order chi connectivity index (χ1) is 10.5. The van der Waals surface area contributed by atoms with Crippen molar-refractivity contribution in [1.29, 1.82) is 0 Å². The number of fused-ring (bicyclic) bond motifs is 1. The molecule has 2 rings (SSSR count). The first kappa shape index (κ1) is 15.6. The lowest BCUT2D eigenvalue weighted by Crippen LogP contribution is -2.06. The largest absolute Gasteiger partial charge is 0.497 e. The molecule has 0 aliphatic heterocycles. The van der Waals surface area contributed by atoms with Gasteiger partial charge in [-0.25, -0.2) is 4.79 Å². The minimum Gasteiger partial charge on any atom is -0.497 e. The van der Waals surface area contributed by atoms with Crippen LogP contribution >= 0.6 is 0 Å². The summed E-state index contributed by atoms with van der Waals surface area (Å²) in [5.41, 5.74) is 0.265. The van der Waals surface area contributed by atoms with Crippen molar-refractivity contribution < 1.29 is 28.5 Å². The Kier molecular flexibility index (Phi) is 4.50. The summed E-state index contributed by atoms with van der Waals surface area (Å²) in [5.74, 6) is 0.227. The molecule has 0 heterocycles. The third-order valence-corrected chi connectivity index (χ3v) is 3.08. The molecule has 0 bridgehead atoms. The second-order valence-corrected chi connectivity index (χ2v) is 4.49. The summed E-state index contributed by atoms with van der Waals surface area (Å²) in [6.45, 7) is 1.28. The van der Waals surface area contributed by atoms with Crippen molar-refractivity contribution >= 4 is 22.7 Å². The van der Waals surface area contributed by atoms with Crippen LogP contribution in [0, 0.1) is 0 Å². The van der Waals surface area contributed by atoms with Crippen LogP contribution in [0.2, 0.25) is 0 Å². The lowest BCUT2D eigenvalue weighted by atomic mass is 10.0. The van der Waals surface area contributed by atoms with E-state index in [4.69, 9.17) is 18.9 Å². The van der Waals surface area contributed by atoms with E-state index >= 15 is 0 Å². The summed E-state index contributed by atoms with van der Waals surface area (Å²) in [4.78, 5) is 23.1. The average molecular weight is 304 g/mol. The molecule has 0 N–H and O–H groups in total. The van der Waals surface area contributed by atoms with Gasteiger partial charge >= 0.3 is 11.9 Å². The summed E-state index contributed by atoms with van der Waals surface area (Å²) in [6, 6.07) is 6.47. The lowest BCUT2D eigenvalue weighted by Gasteiger charge is -2.13. The topological polar surface area (TPSA) is 71.1 Å². The molecule has 0 aliphatic carbocycles. The molecule has 116 valence electrons. The van der Waals surface area contributed by atoms with Crippen molar-refractivity contribution in [3.05, 3.63) is 29.8 Å². The predicted octanol–water partition coefficient (Wildman–Crippen LogP) is 2.57. The lowest BCUT2D eigenvalue weighted by molar-refractivity contribution is -0.131. The van der Waals surface area contributed by atoms with Crippen molar-refractivity contribution in [2.75, 3.05) is 21.3 Å². The Morgan fingerprint density at radius 2 is 1.64 bits per heavy atom. The van der Waals surface area contributed by atoms with Gasteiger partial charge in [0.25, 0.3) is 0 Å². The fraction of sp³-hybridized carbons (Fsp3) is 0.250. The van der Waals surface area contributed by atoms with Crippen LogP contribution in [0.5, 0.6) is 17.2 Å². The predicted molar refractivity (Wildman–Crippen MR) is 79.7 cm³/mol. The van der Waals surface area contributed by atoms with Crippen LogP contribution in [0.25, 0.3) is 10.8 Å². The molecule has 22 heavy (non-hydrogen) atoms. The van der Waals surface area contributed by atoms with E-state index in [9.17, 15) is 9.59 Å². The first-order valence-electron chi connectivity index (χ1n) is 6.46. The zero-order valence-electron chi connectivity index (χ0n) is 12.8. The summed E-state index contributed by atoms with van der Waals surface area (Å²) in [5, 5.41) is 1.21. The van der Waals surface area contributed by atoms with Crippen molar-refractivity contribution in [2.24, 2.45) is 0 Å². The maximum Gasteiger partial charge on any atom is 0.338 e. The molecule has 0 atom stereocenters. The number of carbonyl (C=O) groups excluding carboxylic acids is 2. The third-order valence-electron chi connectivity index (χ3n) is 3.08. The molecule has 6 heteroatoms. The number of hydrogen-bond acceptors (Lipinski definition) is 6. The molecule has 0 amide bonds. The highest BCUT2D eigenvalue weighted by Gasteiger charge is 2.17. The fourth-order valence-corrected chi connectivity index (χ4v) is 2.16. The molecule has 0 radical (unpaired) electrons. The first-order valence-corrected chi connectivity index (χ1v) is 6.46. The summed E-state index contributed by atoms with van der Waals surface area (Å²) >= 11 is 0. The van der Waals surface area contributed by atoms with E-state index in [1.165, 1.54) is 34.3 Å². The average Bonchev–Trinajstić information content (AvgIpc) is 2.51. The summed E-state index contributed by atoms with van der Waals surface area (Å²) in [7, 11) is 4.31. The highest BCUT2D eigenvalue weighted by Crippen LogP contribution is 2.38. The Balaban J connectivity index is 2.80. The minimum absolute atomic E-state index is 0.227. The number of ether oxygens (including phenoxy) is 4. The van der Waals surface area contributed by atoms with Crippen LogP contribution in [0.4, 0.5) is 0 Å². The molecule has 0 aromatic heterocycles. The highest BCUT2D eigenvalue weighted by molar-refractivity contribution is 6.02. The van der Waals surface area contributed by atoms with E-state index in [0.717, 1.165) is 0 Å². The molecular formula is C16H16O6. The molecule has 0 saturated carbocycles. The Hall–Kier alpha value is -2.76. The van der Waals surface area contributed by atoms with Gasteiger partial charge in [0, 0.05) is 13.0 Å². The second kappa shape index (κ2) is 6.34. The standard InChI is InChI=1S/C16H16O6/c1-9(17)22-14-7-11(16(18)21-4)5-10-6-12(19-2)8-13(20-3)15(10)14/h5-8H,1-4H3. The van der Waals surface area contributed by atoms with Crippen LogP contribution in [0.3, 0.4) is 0 Å². The Morgan fingerprint density at radius 1 is 0.909 bits per heavy atom. The SMILES string of the molecule is COC(=O)c1cc(OC(C)=O)c2c(OC)cc(OC)cc2c1. The molecule has 0 fully saturated rings. The minimum atomic E-state index is -0.530. The smallest absolute Gasteiger partial charge is 0.338 e. The van der Waals surface area contributed by atoms with Gasteiger partial charge in [0.2, 0.25) is 0 Å². The molecule has 0 unspecified atom stereocenters. The van der Waals surface area contributed by atoms with Crippen LogP contribution in [-0.2, 0) is 9.53 Å². The zero-order chi connectivity index (χ0) is 16.3. The number of benzene rings is 2. The molecule has 0 aliphatic rings. The van der Waals surface area contributed by atoms with Gasteiger partial charge in [-0.15, -0.1) is 0 Å². The van der Waals surface area contributed by atoms with Crippen LogP contribution < -0.4 is 14.2 Å². The van der Waals surface area contributed by atoms with Gasteiger partial charge in [-0.3, -0.25) is 4.79 Å². The second-order valence-electron chi connectivity index (χ2n) is 4.49. The maximum atomic E-state index is 11.8. The number of carbonyl (C=O) groups is 2. The van der Waals surface area contributed by atoms with Gasteiger partial charge in [-0.2, -0.15) is 0 Å². The van der Waals surface area contributed by atoms with Crippen LogP contribution in [0.1, 0.15) is 17.3 Å². The summed E-state index contributed by atoms with van der Waals surface area (Å²) < 4.78 is 20.5. The molecule has 2 aromatic rings. The third kappa shape index (κ3) is 2.95. The number of rotatable bonds is 4. The monoisotopic (exact) mass is 304 g/mol. The van der Waals surface area contributed by atoms with E-state index in [2.05, 4.69) is 0 Å². The van der Waals surface area contributed by atoms with E-state index in [-0.39, 0.29) is 11.3 Å². The Labute approximate surface area is 127 Å².